The van der Waals surface area contributed by atoms with Crippen molar-refractivity contribution in [2.24, 2.45) is 0 Å². The molecule has 4 heterocycles. The van der Waals surface area contributed by atoms with Gasteiger partial charge in [-0.15, -0.1) is 0 Å². The van der Waals surface area contributed by atoms with Gasteiger partial charge in [0.25, 0.3) is 5.91 Å². The molecule has 1 amide bonds. The van der Waals surface area contributed by atoms with Crippen LogP contribution in [0.5, 0.6) is 0 Å². The van der Waals surface area contributed by atoms with Crippen molar-refractivity contribution in [1.82, 2.24) is 29.5 Å². The molecule has 2 aromatic heterocycles. The topological polar surface area (TPSA) is 67.2 Å². The zero-order valence-corrected chi connectivity index (χ0v) is 20.6. The van der Waals surface area contributed by atoms with Gasteiger partial charge in [0, 0.05) is 57.8 Å². The van der Waals surface area contributed by atoms with Crippen molar-refractivity contribution < 1.29 is 9.18 Å². The van der Waals surface area contributed by atoms with Crippen LogP contribution in [-0.4, -0.2) is 73.6 Å². The molecule has 0 aliphatic carbocycles. The lowest BCUT2D eigenvalue weighted by molar-refractivity contribution is -0.149. The number of hydrogen-bond acceptors (Lipinski definition) is 6. The summed E-state index contributed by atoms with van der Waals surface area (Å²) in [5.74, 6) is -0.326. The number of hydrogen-bond donors (Lipinski definition) is 0. The smallest absolute Gasteiger partial charge is 0.260 e. The predicted octanol–water partition coefficient (Wildman–Crippen LogP) is 4.02. The first-order chi connectivity index (χ1) is 16.5. The van der Waals surface area contributed by atoms with Gasteiger partial charge in [-0.05, 0) is 55.3 Å². The number of fused-ring (bicyclic) bond motifs is 1. The summed E-state index contributed by atoms with van der Waals surface area (Å²) in [6.45, 7) is 5.09. The second-order valence-corrected chi connectivity index (χ2v) is 10.2. The Hall–Kier alpha value is -2.52. The van der Waals surface area contributed by atoms with Crippen LogP contribution in [0.2, 0.25) is 0 Å². The molecule has 2 aliphatic heterocycles. The SMILES string of the molecule is CSc1nc2cc(C)ccc2n1C1CCN(C(=O)C2(F)CCN(Cc3ccnnc3)CC2)CC1. The van der Waals surface area contributed by atoms with Crippen LogP contribution in [0.4, 0.5) is 4.39 Å². The number of alkyl halides is 1. The molecule has 0 saturated carbocycles. The fourth-order valence-electron chi connectivity index (χ4n) is 5.24. The second kappa shape index (κ2) is 9.62. The van der Waals surface area contributed by atoms with Crippen LogP contribution in [0.15, 0.2) is 41.8 Å². The molecule has 1 aromatic carbocycles. The fourth-order valence-corrected chi connectivity index (χ4v) is 5.88. The zero-order valence-electron chi connectivity index (χ0n) is 19.8. The van der Waals surface area contributed by atoms with E-state index in [1.807, 2.05) is 12.3 Å². The van der Waals surface area contributed by atoms with Crippen LogP contribution >= 0.6 is 11.8 Å². The molecule has 0 atom stereocenters. The molecule has 0 N–H and O–H groups in total. The van der Waals surface area contributed by atoms with E-state index in [1.165, 1.54) is 5.56 Å². The van der Waals surface area contributed by atoms with E-state index in [4.69, 9.17) is 4.98 Å². The van der Waals surface area contributed by atoms with Crippen molar-refractivity contribution in [2.75, 3.05) is 32.4 Å². The third-order valence-corrected chi connectivity index (χ3v) is 7.85. The Morgan fingerprint density at radius 3 is 2.59 bits per heavy atom. The Balaban J connectivity index is 1.21. The van der Waals surface area contributed by atoms with Crippen molar-refractivity contribution in [2.45, 2.75) is 56.0 Å². The molecule has 9 heteroatoms. The summed E-state index contributed by atoms with van der Waals surface area (Å²) >= 11 is 1.65. The van der Waals surface area contributed by atoms with Crippen molar-refractivity contribution in [1.29, 1.82) is 0 Å². The van der Waals surface area contributed by atoms with Crippen LogP contribution in [-0.2, 0) is 11.3 Å². The first kappa shape index (κ1) is 23.2. The van der Waals surface area contributed by atoms with Gasteiger partial charge in [0.2, 0.25) is 0 Å². The molecule has 0 spiro atoms. The molecule has 0 unspecified atom stereocenters. The van der Waals surface area contributed by atoms with E-state index in [1.54, 1.807) is 29.1 Å². The van der Waals surface area contributed by atoms with Gasteiger partial charge < -0.3 is 9.47 Å². The van der Waals surface area contributed by atoms with Crippen molar-refractivity contribution in [3.63, 3.8) is 0 Å². The average molecular weight is 483 g/mol. The van der Waals surface area contributed by atoms with Gasteiger partial charge in [-0.2, -0.15) is 10.2 Å². The molecule has 2 fully saturated rings. The number of halogens is 1. The van der Waals surface area contributed by atoms with E-state index < -0.39 is 5.67 Å². The lowest BCUT2D eigenvalue weighted by atomic mass is 9.90. The summed E-state index contributed by atoms with van der Waals surface area (Å²) in [4.78, 5) is 21.9. The van der Waals surface area contributed by atoms with Gasteiger partial charge in [-0.25, -0.2) is 9.37 Å². The number of likely N-dealkylation sites (tertiary alicyclic amines) is 2. The fraction of sp³-hybridized carbons (Fsp3) is 0.520. The summed E-state index contributed by atoms with van der Waals surface area (Å²) in [5.41, 5.74) is 2.64. The third-order valence-electron chi connectivity index (χ3n) is 7.20. The summed E-state index contributed by atoms with van der Waals surface area (Å²) in [7, 11) is 0. The van der Waals surface area contributed by atoms with E-state index in [9.17, 15) is 4.79 Å². The molecule has 0 radical (unpaired) electrons. The molecule has 7 nitrogen and oxygen atoms in total. The lowest BCUT2D eigenvalue weighted by Crippen LogP contribution is -2.53. The Bertz CT molecular complexity index is 1150. The molecule has 5 rings (SSSR count). The number of carbonyl (C=O) groups excluding carboxylic acids is 1. The van der Waals surface area contributed by atoms with Crippen LogP contribution in [0.25, 0.3) is 11.0 Å². The van der Waals surface area contributed by atoms with E-state index >= 15 is 4.39 Å². The Morgan fingerprint density at radius 1 is 1.15 bits per heavy atom. The van der Waals surface area contributed by atoms with Gasteiger partial charge in [-0.1, -0.05) is 17.8 Å². The summed E-state index contributed by atoms with van der Waals surface area (Å²) < 4.78 is 18.1. The molecule has 2 aliphatic rings. The van der Waals surface area contributed by atoms with Gasteiger partial charge in [0.1, 0.15) is 0 Å². The number of amides is 1. The van der Waals surface area contributed by atoms with E-state index in [0.29, 0.717) is 32.7 Å². The molecular formula is C25H31FN6OS. The maximum absolute atomic E-state index is 15.7. The number of carbonyl (C=O) groups is 1. The molecular weight excluding hydrogens is 451 g/mol. The third kappa shape index (κ3) is 4.55. The van der Waals surface area contributed by atoms with Crippen LogP contribution in [0.1, 0.15) is 42.9 Å². The summed E-state index contributed by atoms with van der Waals surface area (Å²) in [5, 5.41) is 8.71. The quantitative estimate of drug-likeness (QED) is 0.512. The minimum Gasteiger partial charge on any atom is -0.340 e. The Labute approximate surface area is 203 Å². The zero-order chi connectivity index (χ0) is 23.7. The van der Waals surface area contributed by atoms with Crippen molar-refractivity contribution in [3.05, 3.63) is 47.8 Å². The normalized spacial score (nSPS) is 19.6. The highest BCUT2D eigenvalue weighted by atomic mass is 32.2. The molecule has 180 valence electrons. The monoisotopic (exact) mass is 482 g/mol. The van der Waals surface area contributed by atoms with Crippen LogP contribution in [0, 0.1) is 6.92 Å². The highest BCUT2D eigenvalue weighted by molar-refractivity contribution is 7.98. The largest absolute Gasteiger partial charge is 0.340 e. The standard InChI is InChI=1S/C25H31FN6OS/c1-18-3-4-22-21(15-18)29-24(34-2)32(22)20-6-11-31(12-7-20)23(33)25(26)8-13-30(14-9-25)17-19-5-10-27-28-16-19/h3-5,10,15-16,20H,6-9,11-14,17H2,1-2H3. The van der Waals surface area contributed by atoms with E-state index in [0.717, 1.165) is 34.6 Å². The van der Waals surface area contributed by atoms with Gasteiger partial charge >= 0.3 is 0 Å². The average Bonchev–Trinajstić information content (AvgIpc) is 3.23. The van der Waals surface area contributed by atoms with E-state index in [-0.39, 0.29) is 24.8 Å². The molecule has 34 heavy (non-hydrogen) atoms. The molecule has 0 bridgehead atoms. The molecule has 3 aromatic rings. The maximum Gasteiger partial charge on any atom is 0.260 e. The number of imidazole rings is 1. The lowest BCUT2D eigenvalue weighted by Gasteiger charge is -2.40. The van der Waals surface area contributed by atoms with E-state index in [2.05, 4.69) is 44.8 Å². The Morgan fingerprint density at radius 2 is 1.91 bits per heavy atom. The second-order valence-electron chi connectivity index (χ2n) is 9.48. The summed E-state index contributed by atoms with van der Waals surface area (Å²) in [6, 6.07) is 8.57. The first-order valence-electron chi connectivity index (χ1n) is 12.0. The Kier molecular flexibility index (Phi) is 6.57. The summed E-state index contributed by atoms with van der Waals surface area (Å²) in [6.07, 6.45) is 7.57. The van der Waals surface area contributed by atoms with Crippen molar-refractivity contribution in [3.8, 4) is 0 Å². The van der Waals surface area contributed by atoms with Gasteiger partial charge in [0.05, 0.1) is 17.2 Å². The highest BCUT2D eigenvalue weighted by Crippen LogP contribution is 2.35. The van der Waals surface area contributed by atoms with Crippen LogP contribution < -0.4 is 0 Å². The number of aromatic nitrogens is 4. The number of rotatable bonds is 5. The number of aryl methyl sites for hydroxylation is 1. The number of nitrogens with zero attached hydrogens (tertiary/aromatic N) is 6. The van der Waals surface area contributed by atoms with Gasteiger partial charge in [-0.3, -0.25) is 9.69 Å². The van der Waals surface area contributed by atoms with Gasteiger partial charge in [0.15, 0.2) is 10.8 Å². The minimum absolute atomic E-state index is 0.242. The minimum atomic E-state index is -1.76. The first-order valence-corrected chi connectivity index (χ1v) is 13.2. The predicted molar refractivity (Wildman–Crippen MR) is 131 cm³/mol. The molecule has 2 saturated heterocycles. The highest BCUT2D eigenvalue weighted by Gasteiger charge is 2.44. The maximum atomic E-state index is 15.7. The van der Waals surface area contributed by atoms with Crippen molar-refractivity contribution >= 4 is 28.7 Å². The number of benzene rings is 1. The number of thioether (sulfide) groups is 1. The number of piperidine rings is 2. The van der Waals surface area contributed by atoms with Crippen LogP contribution in [0.3, 0.4) is 0 Å².